The van der Waals surface area contributed by atoms with Crippen LogP contribution in [0.1, 0.15) is 16.8 Å². The first-order chi connectivity index (χ1) is 8.88. The Morgan fingerprint density at radius 2 is 2.11 bits per heavy atom. The van der Waals surface area contributed by atoms with Crippen molar-refractivity contribution in [3.05, 3.63) is 33.3 Å². The second-order valence-corrected chi connectivity index (χ2v) is 5.53. The lowest BCUT2D eigenvalue weighted by Crippen LogP contribution is -2.40. The maximum absolute atomic E-state index is 12.0. The van der Waals surface area contributed by atoms with Gasteiger partial charge in [-0.25, -0.2) is 0 Å². The number of halogens is 2. The first-order valence-electron chi connectivity index (χ1n) is 5.46. The maximum Gasteiger partial charge on any atom is 0.252 e. The Balaban J connectivity index is 2.14. The van der Waals surface area contributed by atoms with E-state index in [4.69, 9.17) is 11.6 Å². The highest BCUT2D eigenvalue weighted by molar-refractivity contribution is 9.10. The highest BCUT2D eigenvalue weighted by Crippen LogP contribution is 2.20. The van der Waals surface area contributed by atoms with E-state index in [1.165, 1.54) is 13.1 Å². The van der Waals surface area contributed by atoms with Crippen molar-refractivity contribution >= 4 is 45.3 Å². The molecule has 1 aliphatic heterocycles. The van der Waals surface area contributed by atoms with Gasteiger partial charge in [-0.15, -0.1) is 0 Å². The number of hydrogen-bond acceptors (Lipinski definition) is 3. The standard InChI is InChI=1S/C12H10BrClN2O3/c1-16-10(17)5-9(12(16)19)15-11(18)6-2-7(13)4-8(14)3-6/h2-4,9H,5H2,1H3,(H,15,18). The summed E-state index contributed by atoms with van der Waals surface area (Å²) in [4.78, 5) is 36.0. The Morgan fingerprint density at radius 1 is 1.42 bits per heavy atom. The summed E-state index contributed by atoms with van der Waals surface area (Å²) in [5, 5.41) is 2.94. The minimum atomic E-state index is -0.803. The zero-order valence-electron chi connectivity index (χ0n) is 9.94. The Labute approximate surface area is 123 Å². The largest absolute Gasteiger partial charge is 0.340 e. The number of carbonyl (C=O) groups excluding carboxylic acids is 3. The van der Waals surface area contributed by atoms with E-state index in [9.17, 15) is 14.4 Å². The van der Waals surface area contributed by atoms with Gasteiger partial charge in [0.15, 0.2) is 0 Å². The first-order valence-corrected chi connectivity index (χ1v) is 6.63. The van der Waals surface area contributed by atoms with Gasteiger partial charge in [-0.2, -0.15) is 0 Å². The van der Waals surface area contributed by atoms with Gasteiger partial charge in [0.2, 0.25) is 5.91 Å². The maximum atomic E-state index is 12.0. The topological polar surface area (TPSA) is 66.5 Å². The summed E-state index contributed by atoms with van der Waals surface area (Å²) in [5.41, 5.74) is 0.328. The van der Waals surface area contributed by atoms with Gasteiger partial charge in [-0.05, 0) is 18.2 Å². The van der Waals surface area contributed by atoms with Crippen LogP contribution < -0.4 is 5.32 Å². The van der Waals surface area contributed by atoms with Crippen LogP contribution in [0.2, 0.25) is 5.02 Å². The van der Waals surface area contributed by atoms with Gasteiger partial charge in [-0.1, -0.05) is 27.5 Å². The summed E-state index contributed by atoms with van der Waals surface area (Å²) in [7, 11) is 1.40. The number of nitrogens with one attached hydrogen (secondary N) is 1. The summed E-state index contributed by atoms with van der Waals surface area (Å²) in [6.07, 6.45) is -0.0111. The number of likely N-dealkylation sites (N-methyl/N-ethyl adjacent to an activating group) is 1. The monoisotopic (exact) mass is 344 g/mol. The van der Waals surface area contributed by atoms with Crippen LogP contribution in [0.5, 0.6) is 0 Å². The first kappa shape index (κ1) is 14.0. The van der Waals surface area contributed by atoms with Crippen LogP contribution in [0, 0.1) is 0 Å². The molecule has 1 fully saturated rings. The number of likely N-dealkylation sites (tertiary alicyclic amines) is 1. The minimum Gasteiger partial charge on any atom is -0.340 e. The molecule has 0 saturated carbocycles. The molecular weight excluding hydrogens is 336 g/mol. The predicted octanol–water partition coefficient (Wildman–Crippen LogP) is 1.59. The highest BCUT2D eigenvalue weighted by atomic mass is 79.9. The van der Waals surface area contributed by atoms with E-state index in [1.807, 2.05) is 0 Å². The summed E-state index contributed by atoms with van der Waals surface area (Å²) in [5.74, 6) is -1.15. The third kappa shape index (κ3) is 2.96. The van der Waals surface area contributed by atoms with E-state index in [1.54, 1.807) is 12.1 Å². The van der Waals surface area contributed by atoms with E-state index in [2.05, 4.69) is 21.2 Å². The van der Waals surface area contributed by atoms with Gasteiger partial charge < -0.3 is 5.32 Å². The van der Waals surface area contributed by atoms with Gasteiger partial charge >= 0.3 is 0 Å². The molecule has 100 valence electrons. The van der Waals surface area contributed by atoms with Gasteiger partial charge in [-0.3, -0.25) is 19.3 Å². The lowest BCUT2D eigenvalue weighted by Gasteiger charge is -2.11. The highest BCUT2D eigenvalue weighted by Gasteiger charge is 2.37. The second kappa shape index (κ2) is 5.30. The van der Waals surface area contributed by atoms with Gasteiger partial charge in [0.25, 0.3) is 11.8 Å². The normalized spacial score (nSPS) is 18.9. The molecular formula is C12H10BrClN2O3. The molecule has 1 N–H and O–H groups in total. The third-order valence-electron chi connectivity index (χ3n) is 2.81. The average molecular weight is 346 g/mol. The second-order valence-electron chi connectivity index (χ2n) is 4.18. The van der Waals surface area contributed by atoms with Crippen molar-refractivity contribution < 1.29 is 14.4 Å². The van der Waals surface area contributed by atoms with Crippen molar-refractivity contribution in [3.8, 4) is 0 Å². The van der Waals surface area contributed by atoms with Crippen LogP contribution in [0.4, 0.5) is 0 Å². The molecule has 1 unspecified atom stereocenters. The number of benzene rings is 1. The third-order valence-corrected chi connectivity index (χ3v) is 3.49. The minimum absolute atomic E-state index is 0.0111. The number of amides is 3. The molecule has 7 heteroatoms. The number of rotatable bonds is 2. The van der Waals surface area contributed by atoms with Crippen LogP contribution >= 0.6 is 27.5 Å². The molecule has 1 aliphatic rings. The lowest BCUT2D eigenvalue weighted by atomic mass is 10.2. The summed E-state index contributed by atoms with van der Waals surface area (Å²) >= 11 is 9.08. The Morgan fingerprint density at radius 3 is 2.63 bits per heavy atom. The molecule has 3 amide bonds. The van der Waals surface area contributed by atoms with Crippen molar-refractivity contribution in [3.63, 3.8) is 0 Å². The fourth-order valence-corrected chi connectivity index (χ4v) is 2.65. The molecule has 0 radical (unpaired) electrons. The number of hydrogen-bond donors (Lipinski definition) is 1. The fraction of sp³-hybridized carbons (Fsp3) is 0.250. The van der Waals surface area contributed by atoms with Crippen LogP contribution in [0.3, 0.4) is 0 Å². The quantitative estimate of drug-likeness (QED) is 0.828. The molecule has 19 heavy (non-hydrogen) atoms. The van der Waals surface area contributed by atoms with Crippen molar-refractivity contribution in [1.82, 2.24) is 10.2 Å². The molecule has 1 atom stereocenters. The van der Waals surface area contributed by atoms with Crippen LogP contribution in [0.25, 0.3) is 0 Å². The molecule has 1 heterocycles. The van der Waals surface area contributed by atoms with E-state index in [0.29, 0.717) is 15.1 Å². The van der Waals surface area contributed by atoms with E-state index in [0.717, 1.165) is 4.90 Å². The zero-order valence-corrected chi connectivity index (χ0v) is 12.3. The molecule has 0 spiro atoms. The Kier molecular flexibility index (Phi) is 3.91. The zero-order chi connectivity index (χ0) is 14.2. The van der Waals surface area contributed by atoms with Gasteiger partial charge in [0, 0.05) is 22.1 Å². The van der Waals surface area contributed by atoms with Crippen molar-refractivity contribution in [2.75, 3.05) is 7.05 Å². The van der Waals surface area contributed by atoms with Crippen LogP contribution in [-0.2, 0) is 9.59 Å². The molecule has 2 rings (SSSR count). The predicted molar refractivity (Wildman–Crippen MR) is 72.8 cm³/mol. The molecule has 1 aromatic carbocycles. The molecule has 1 saturated heterocycles. The van der Waals surface area contributed by atoms with Crippen molar-refractivity contribution in [2.24, 2.45) is 0 Å². The molecule has 5 nitrogen and oxygen atoms in total. The Hall–Kier alpha value is -1.40. The molecule has 0 bridgehead atoms. The van der Waals surface area contributed by atoms with Crippen molar-refractivity contribution in [2.45, 2.75) is 12.5 Å². The van der Waals surface area contributed by atoms with Crippen LogP contribution in [0.15, 0.2) is 22.7 Å². The van der Waals surface area contributed by atoms with E-state index >= 15 is 0 Å². The average Bonchev–Trinajstić information content (AvgIpc) is 2.56. The SMILES string of the molecule is CN1C(=O)CC(NC(=O)c2cc(Cl)cc(Br)c2)C1=O. The molecule has 1 aromatic rings. The fourth-order valence-electron chi connectivity index (χ4n) is 1.79. The number of nitrogens with zero attached hydrogens (tertiary/aromatic N) is 1. The molecule has 0 aromatic heterocycles. The van der Waals surface area contributed by atoms with E-state index < -0.39 is 17.9 Å². The summed E-state index contributed by atoms with van der Waals surface area (Å²) in [6.45, 7) is 0. The lowest BCUT2D eigenvalue weighted by molar-refractivity contribution is -0.137. The smallest absolute Gasteiger partial charge is 0.252 e. The van der Waals surface area contributed by atoms with Gasteiger partial charge in [0.1, 0.15) is 6.04 Å². The summed E-state index contributed by atoms with van der Waals surface area (Å²) < 4.78 is 0.663. The van der Waals surface area contributed by atoms with Crippen LogP contribution in [-0.4, -0.2) is 35.7 Å². The number of carbonyl (C=O) groups is 3. The van der Waals surface area contributed by atoms with Crippen molar-refractivity contribution in [1.29, 1.82) is 0 Å². The number of imide groups is 1. The summed E-state index contributed by atoms with van der Waals surface area (Å²) in [6, 6.07) is 3.93. The van der Waals surface area contributed by atoms with E-state index in [-0.39, 0.29) is 12.3 Å². The Bertz CT molecular complexity index is 556. The molecule has 0 aliphatic carbocycles. The van der Waals surface area contributed by atoms with Gasteiger partial charge in [0.05, 0.1) is 6.42 Å².